The van der Waals surface area contributed by atoms with Gasteiger partial charge in [0.15, 0.2) is 5.78 Å². The van der Waals surface area contributed by atoms with E-state index in [9.17, 15) is 9.59 Å². The van der Waals surface area contributed by atoms with Crippen molar-refractivity contribution in [1.29, 1.82) is 0 Å². The lowest BCUT2D eigenvalue weighted by molar-refractivity contribution is -0.143. The number of Topliss-reactive ketones (excluding diaryl/α,β-unsaturated/α-hetero) is 1. The molecule has 0 fully saturated rings. The number of carbonyl (C=O) groups is 2. The van der Waals surface area contributed by atoms with Gasteiger partial charge in [0.25, 0.3) is 0 Å². The van der Waals surface area contributed by atoms with E-state index >= 15 is 0 Å². The standard InChI is InChI=1S/C16H18N2O3/c1-3-4-5-12(16(20)21-2)15(19)11-6-7-13-14(10-11)18-9-8-17-13/h6-10,12H,3-5H2,1-2H3. The van der Waals surface area contributed by atoms with Crippen LogP contribution in [0.4, 0.5) is 0 Å². The summed E-state index contributed by atoms with van der Waals surface area (Å²) in [5.74, 6) is -1.44. The average molecular weight is 286 g/mol. The molecule has 0 N–H and O–H groups in total. The molecule has 0 spiro atoms. The first-order valence-electron chi connectivity index (χ1n) is 7.00. The number of fused-ring (bicyclic) bond motifs is 1. The molecule has 1 atom stereocenters. The summed E-state index contributed by atoms with van der Waals surface area (Å²) in [6.07, 6.45) is 5.40. The van der Waals surface area contributed by atoms with Crippen LogP contribution >= 0.6 is 0 Å². The Bertz CT molecular complexity index is 655. The van der Waals surface area contributed by atoms with Gasteiger partial charge in [-0.2, -0.15) is 0 Å². The summed E-state index contributed by atoms with van der Waals surface area (Å²) in [7, 11) is 1.31. The third-order valence-electron chi connectivity index (χ3n) is 3.40. The number of ether oxygens (including phenoxy) is 1. The summed E-state index contributed by atoms with van der Waals surface area (Å²) < 4.78 is 4.75. The van der Waals surface area contributed by atoms with Crippen LogP contribution in [-0.4, -0.2) is 28.8 Å². The molecule has 5 nitrogen and oxygen atoms in total. The first kappa shape index (κ1) is 15.1. The Morgan fingerprint density at radius 3 is 2.57 bits per heavy atom. The molecule has 0 aliphatic carbocycles. The average Bonchev–Trinajstić information content (AvgIpc) is 2.54. The fraction of sp³-hybridized carbons (Fsp3) is 0.375. The second-order valence-corrected chi connectivity index (χ2v) is 4.84. The van der Waals surface area contributed by atoms with Crippen molar-refractivity contribution in [2.24, 2.45) is 5.92 Å². The van der Waals surface area contributed by atoms with Crippen molar-refractivity contribution in [3.63, 3.8) is 0 Å². The molecule has 2 aromatic rings. The van der Waals surface area contributed by atoms with Gasteiger partial charge < -0.3 is 4.74 Å². The smallest absolute Gasteiger partial charge is 0.316 e. The second kappa shape index (κ2) is 6.92. The second-order valence-electron chi connectivity index (χ2n) is 4.84. The van der Waals surface area contributed by atoms with E-state index in [1.54, 1.807) is 30.6 Å². The van der Waals surface area contributed by atoms with Gasteiger partial charge in [0, 0.05) is 18.0 Å². The van der Waals surface area contributed by atoms with E-state index in [1.165, 1.54) is 7.11 Å². The first-order chi connectivity index (χ1) is 10.2. The fourth-order valence-electron chi connectivity index (χ4n) is 2.22. The highest BCUT2D eigenvalue weighted by Gasteiger charge is 2.28. The zero-order valence-electron chi connectivity index (χ0n) is 12.2. The molecule has 0 aliphatic rings. The van der Waals surface area contributed by atoms with E-state index in [-0.39, 0.29) is 5.78 Å². The number of methoxy groups -OCH3 is 1. The molecule has 1 unspecified atom stereocenters. The number of nitrogens with zero attached hydrogens (tertiary/aromatic N) is 2. The van der Waals surface area contributed by atoms with Crippen molar-refractivity contribution in [3.8, 4) is 0 Å². The minimum absolute atomic E-state index is 0.220. The molecular formula is C16H18N2O3. The molecule has 0 saturated carbocycles. The molecule has 1 aromatic carbocycles. The van der Waals surface area contributed by atoms with Crippen molar-refractivity contribution >= 4 is 22.8 Å². The van der Waals surface area contributed by atoms with Crippen LogP contribution in [0.3, 0.4) is 0 Å². The molecule has 0 aliphatic heterocycles. The Balaban J connectivity index is 2.31. The number of carbonyl (C=O) groups excluding carboxylic acids is 2. The van der Waals surface area contributed by atoms with Crippen LogP contribution in [0.2, 0.25) is 0 Å². The van der Waals surface area contributed by atoms with Crippen molar-refractivity contribution in [2.75, 3.05) is 7.11 Å². The van der Waals surface area contributed by atoms with Crippen molar-refractivity contribution in [1.82, 2.24) is 9.97 Å². The van der Waals surface area contributed by atoms with E-state index in [1.807, 2.05) is 6.92 Å². The van der Waals surface area contributed by atoms with Crippen LogP contribution in [-0.2, 0) is 9.53 Å². The molecule has 1 aromatic heterocycles. The number of hydrogen-bond acceptors (Lipinski definition) is 5. The van der Waals surface area contributed by atoms with Gasteiger partial charge in [0.2, 0.25) is 0 Å². The number of benzene rings is 1. The normalized spacial score (nSPS) is 12.1. The largest absolute Gasteiger partial charge is 0.468 e. The quantitative estimate of drug-likeness (QED) is 0.464. The number of aromatic nitrogens is 2. The Morgan fingerprint density at radius 2 is 1.90 bits per heavy atom. The van der Waals surface area contributed by atoms with Gasteiger partial charge in [-0.3, -0.25) is 19.6 Å². The van der Waals surface area contributed by atoms with Gasteiger partial charge in [-0.25, -0.2) is 0 Å². The lowest BCUT2D eigenvalue weighted by Crippen LogP contribution is -2.25. The maximum absolute atomic E-state index is 12.5. The molecule has 110 valence electrons. The first-order valence-corrected chi connectivity index (χ1v) is 7.00. The van der Waals surface area contributed by atoms with Crippen LogP contribution in [0.5, 0.6) is 0 Å². The zero-order chi connectivity index (χ0) is 15.2. The van der Waals surface area contributed by atoms with Gasteiger partial charge in [0.1, 0.15) is 5.92 Å². The summed E-state index contributed by atoms with van der Waals surface area (Å²) in [5, 5.41) is 0. The van der Waals surface area contributed by atoms with Gasteiger partial charge in [-0.05, 0) is 24.6 Å². The van der Waals surface area contributed by atoms with Crippen molar-refractivity contribution < 1.29 is 14.3 Å². The van der Waals surface area contributed by atoms with E-state index in [0.29, 0.717) is 17.5 Å². The Kier molecular flexibility index (Phi) is 4.98. The summed E-state index contributed by atoms with van der Waals surface area (Å²) in [5.41, 5.74) is 1.83. The molecule has 1 heterocycles. The van der Waals surface area contributed by atoms with Gasteiger partial charge >= 0.3 is 5.97 Å². The van der Waals surface area contributed by atoms with E-state index < -0.39 is 11.9 Å². The minimum atomic E-state index is -0.746. The lowest BCUT2D eigenvalue weighted by atomic mass is 9.92. The lowest BCUT2D eigenvalue weighted by Gasteiger charge is -2.13. The molecule has 0 amide bonds. The number of ketones is 1. The highest BCUT2D eigenvalue weighted by molar-refractivity contribution is 6.09. The SMILES string of the molecule is CCCCC(C(=O)OC)C(=O)c1ccc2nccnc2c1. The van der Waals surface area contributed by atoms with E-state index in [0.717, 1.165) is 18.4 Å². The summed E-state index contributed by atoms with van der Waals surface area (Å²) in [6.45, 7) is 2.02. The summed E-state index contributed by atoms with van der Waals surface area (Å²) in [6, 6.07) is 5.09. The monoisotopic (exact) mass is 286 g/mol. The van der Waals surface area contributed by atoms with Gasteiger partial charge in [0.05, 0.1) is 18.1 Å². The van der Waals surface area contributed by atoms with Crippen LogP contribution in [0.25, 0.3) is 11.0 Å². The van der Waals surface area contributed by atoms with E-state index in [2.05, 4.69) is 9.97 Å². The van der Waals surface area contributed by atoms with Crippen LogP contribution in [0, 0.1) is 5.92 Å². The minimum Gasteiger partial charge on any atom is -0.468 e. The van der Waals surface area contributed by atoms with Crippen molar-refractivity contribution in [2.45, 2.75) is 26.2 Å². The van der Waals surface area contributed by atoms with Crippen LogP contribution in [0.15, 0.2) is 30.6 Å². The van der Waals surface area contributed by atoms with Gasteiger partial charge in [-0.15, -0.1) is 0 Å². The number of hydrogen-bond donors (Lipinski definition) is 0. The number of unbranched alkanes of at least 4 members (excludes halogenated alkanes) is 1. The summed E-state index contributed by atoms with van der Waals surface area (Å²) >= 11 is 0. The zero-order valence-corrected chi connectivity index (χ0v) is 12.2. The highest BCUT2D eigenvalue weighted by atomic mass is 16.5. The van der Waals surface area contributed by atoms with Crippen LogP contribution < -0.4 is 0 Å². The predicted octanol–water partition coefficient (Wildman–Crippen LogP) is 2.79. The third-order valence-corrected chi connectivity index (χ3v) is 3.40. The summed E-state index contributed by atoms with van der Waals surface area (Å²) in [4.78, 5) is 32.7. The Labute approximate surface area is 123 Å². The maximum Gasteiger partial charge on any atom is 0.316 e. The molecule has 2 rings (SSSR count). The van der Waals surface area contributed by atoms with Gasteiger partial charge in [-0.1, -0.05) is 19.8 Å². The highest BCUT2D eigenvalue weighted by Crippen LogP contribution is 2.19. The topological polar surface area (TPSA) is 69.2 Å². The van der Waals surface area contributed by atoms with Crippen molar-refractivity contribution in [3.05, 3.63) is 36.2 Å². The fourth-order valence-corrected chi connectivity index (χ4v) is 2.22. The molecule has 21 heavy (non-hydrogen) atoms. The molecule has 0 bridgehead atoms. The Hall–Kier alpha value is -2.30. The van der Waals surface area contributed by atoms with E-state index in [4.69, 9.17) is 4.74 Å². The third kappa shape index (κ3) is 3.42. The van der Waals surface area contributed by atoms with Crippen LogP contribution in [0.1, 0.15) is 36.5 Å². The maximum atomic E-state index is 12.5. The molecule has 5 heteroatoms. The molecule has 0 radical (unpaired) electrons. The number of esters is 1. The molecule has 0 saturated heterocycles. The molecular weight excluding hydrogens is 268 g/mol. The Morgan fingerprint density at radius 1 is 1.19 bits per heavy atom. The number of rotatable bonds is 6. The predicted molar refractivity (Wildman–Crippen MR) is 78.9 cm³/mol.